The average molecular weight is 544 g/mol. The topological polar surface area (TPSA) is 114 Å². The van der Waals surface area contributed by atoms with Crippen LogP contribution in [0.1, 0.15) is 30.6 Å². The highest BCUT2D eigenvalue weighted by Crippen LogP contribution is 2.30. The summed E-state index contributed by atoms with van der Waals surface area (Å²) in [5, 5.41) is 5.20. The van der Waals surface area contributed by atoms with Gasteiger partial charge in [-0.1, -0.05) is 12.1 Å². The molecule has 5 rings (SSSR count). The second-order valence-corrected chi connectivity index (χ2v) is 12.3. The van der Waals surface area contributed by atoms with Crippen LogP contribution >= 0.6 is 11.3 Å². The van der Waals surface area contributed by atoms with Crippen LogP contribution < -0.4 is 10.2 Å². The van der Waals surface area contributed by atoms with Crippen LogP contribution in [0.25, 0.3) is 11.3 Å². The van der Waals surface area contributed by atoms with Gasteiger partial charge in [0.25, 0.3) is 5.91 Å². The van der Waals surface area contributed by atoms with Crippen molar-refractivity contribution in [3.63, 3.8) is 0 Å². The highest BCUT2D eigenvalue weighted by molar-refractivity contribution is 7.89. The number of ether oxygens (including phenoxy) is 1. The minimum absolute atomic E-state index is 0.158. The van der Waals surface area contributed by atoms with E-state index < -0.39 is 16.1 Å². The summed E-state index contributed by atoms with van der Waals surface area (Å²) in [6.07, 6.45) is 4.50. The third-order valence-electron chi connectivity index (χ3n) is 6.54. The lowest BCUT2D eigenvalue weighted by atomic mass is 10.0. The Kier molecular flexibility index (Phi) is 6.82. The zero-order valence-electron chi connectivity index (χ0n) is 20.8. The second kappa shape index (κ2) is 9.92. The fourth-order valence-electron chi connectivity index (χ4n) is 4.68. The van der Waals surface area contributed by atoms with E-state index in [1.54, 1.807) is 0 Å². The van der Waals surface area contributed by atoms with E-state index in [1.807, 2.05) is 17.5 Å². The van der Waals surface area contributed by atoms with E-state index in [2.05, 4.69) is 41.2 Å². The molecule has 10 nitrogen and oxygen atoms in total. The number of rotatable bonds is 6. The van der Waals surface area contributed by atoms with Crippen molar-refractivity contribution >= 4 is 44.0 Å². The summed E-state index contributed by atoms with van der Waals surface area (Å²) < 4.78 is 30.2. The van der Waals surface area contributed by atoms with Gasteiger partial charge in [0.05, 0.1) is 29.7 Å². The quantitative estimate of drug-likeness (QED) is 0.509. The summed E-state index contributed by atoms with van der Waals surface area (Å²) in [6, 6.07) is 8.98. The number of hydrogen-bond donors (Lipinski definition) is 1. The van der Waals surface area contributed by atoms with Crippen molar-refractivity contribution in [2.24, 2.45) is 0 Å². The van der Waals surface area contributed by atoms with Crippen LogP contribution in [-0.2, 0) is 19.6 Å². The molecule has 0 unspecified atom stereocenters. The first kappa shape index (κ1) is 25.4. The first-order valence-corrected chi connectivity index (χ1v) is 14.8. The molecule has 1 aromatic carbocycles. The number of amides is 2. The van der Waals surface area contributed by atoms with Crippen LogP contribution in [0.2, 0.25) is 0 Å². The lowest BCUT2D eigenvalue weighted by molar-refractivity contribution is -0.123. The number of aromatic nitrogens is 2. The van der Waals surface area contributed by atoms with Gasteiger partial charge in [0.2, 0.25) is 15.9 Å². The molecule has 0 bridgehead atoms. The molecule has 0 radical (unpaired) electrons. The highest BCUT2D eigenvalue weighted by atomic mass is 32.2. The van der Waals surface area contributed by atoms with Gasteiger partial charge < -0.3 is 19.9 Å². The fourth-order valence-corrected chi connectivity index (χ4v) is 5.99. The van der Waals surface area contributed by atoms with Crippen LogP contribution in [0.3, 0.4) is 0 Å². The highest BCUT2D eigenvalue weighted by Gasteiger charge is 2.38. The number of carbonyl (C=O) groups is 2. The molecule has 1 N–H and O–H groups in total. The number of thiazole rings is 1. The van der Waals surface area contributed by atoms with Crippen LogP contribution in [0.15, 0.2) is 48.1 Å². The van der Waals surface area contributed by atoms with Crippen molar-refractivity contribution in [1.82, 2.24) is 13.9 Å². The number of morpholine rings is 1. The SMILES string of the molecule is C[C@@H]1CN(c2cccc(-c3csc(NC(=O)[C@@H]4CCN4C(=O)c4ccn(S(C)(=O)=O)c4)n3)c2)C[C@H](C)O1. The van der Waals surface area contributed by atoms with Gasteiger partial charge in [0.1, 0.15) is 6.04 Å². The van der Waals surface area contributed by atoms with Gasteiger partial charge in [-0.05, 0) is 38.5 Å². The van der Waals surface area contributed by atoms with E-state index in [0.29, 0.717) is 18.1 Å². The largest absolute Gasteiger partial charge is 0.372 e. The lowest BCUT2D eigenvalue weighted by Crippen LogP contribution is -2.56. The monoisotopic (exact) mass is 543 g/mol. The van der Waals surface area contributed by atoms with Crippen LogP contribution in [-0.4, -0.2) is 78.2 Å². The molecule has 0 spiro atoms. The lowest BCUT2D eigenvalue weighted by Gasteiger charge is -2.39. The van der Waals surface area contributed by atoms with Crippen LogP contribution in [0.5, 0.6) is 0 Å². The van der Waals surface area contributed by atoms with Crippen LogP contribution in [0, 0.1) is 0 Å². The number of hydrogen-bond acceptors (Lipinski definition) is 8. The Balaban J connectivity index is 1.24. The van der Waals surface area contributed by atoms with Gasteiger partial charge in [0, 0.05) is 48.7 Å². The molecule has 2 amide bonds. The molecular formula is C25H29N5O5S2. The van der Waals surface area contributed by atoms with E-state index in [4.69, 9.17) is 4.74 Å². The van der Waals surface area contributed by atoms with Crippen molar-refractivity contribution in [2.75, 3.05) is 36.1 Å². The van der Waals surface area contributed by atoms with Crippen molar-refractivity contribution in [3.05, 3.63) is 53.7 Å². The summed E-state index contributed by atoms with van der Waals surface area (Å²) in [5.74, 6) is -0.690. The smallest absolute Gasteiger partial charge is 0.256 e. The van der Waals surface area contributed by atoms with Crippen molar-refractivity contribution in [3.8, 4) is 11.3 Å². The molecular weight excluding hydrogens is 514 g/mol. The number of nitrogens with zero attached hydrogens (tertiary/aromatic N) is 4. The predicted octanol–water partition coefficient (Wildman–Crippen LogP) is 2.89. The van der Waals surface area contributed by atoms with E-state index in [1.165, 1.54) is 34.7 Å². The number of nitrogens with one attached hydrogen (secondary N) is 1. The van der Waals surface area contributed by atoms with E-state index in [-0.39, 0.29) is 29.6 Å². The van der Waals surface area contributed by atoms with E-state index in [9.17, 15) is 18.0 Å². The Labute approximate surface area is 219 Å². The molecule has 37 heavy (non-hydrogen) atoms. The van der Waals surface area contributed by atoms with Gasteiger partial charge in [-0.25, -0.2) is 13.4 Å². The third-order valence-corrected chi connectivity index (χ3v) is 8.29. The molecule has 0 aliphatic carbocycles. The Hall–Kier alpha value is -3.22. The zero-order chi connectivity index (χ0) is 26.3. The first-order valence-electron chi connectivity index (χ1n) is 12.1. The maximum absolute atomic E-state index is 12.9. The Morgan fingerprint density at radius 1 is 1.16 bits per heavy atom. The molecule has 0 saturated carbocycles. The van der Waals surface area contributed by atoms with Crippen molar-refractivity contribution in [2.45, 2.75) is 38.5 Å². The summed E-state index contributed by atoms with van der Waals surface area (Å²) in [4.78, 5) is 34.1. The van der Waals surface area contributed by atoms with Gasteiger partial charge in [-0.15, -0.1) is 11.3 Å². The number of benzene rings is 1. The molecule has 2 aliphatic heterocycles. The third kappa shape index (κ3) is 5.41. The standard InChI is InChI=1S/C25H29N5O5S2/c1-16-12-28(13-17(2)35-16)20-6-4-5-18(11-20)21-15-36-25(26-21)27-23(31)22-8-10-30(22)24(32)19-7-9-29(14-19)37(3,33)34/h4-7,9,11,14-17,22H,8,10,12-13H2,1-3H3,(H,26,27,31)/t16-,17+,22-/m0/s1. The molecule has 3 atom stereocenters. The zero-order valence-corrected chi connectivity index (χ0v) is 22.5. The van der Waals surface area contributed by atoms with Crippen LogP contribution in [0.4, 0.5) is 10.8 Å². The van der Waals surface area contributed by atoms with Crippen molar-refractivity contribution in [1.29, 1.82) is 0 Å². The minimum atomic E-state index is -3.48. The molecule has 2 aliphatic rings. The maximum Gasteiger partial charge on any atom is 0.256 e. The second-order valence-electron chi connectivity index (χ2n) is 9.54. The Morgan fingerprint density at radius 2 is 1.92 bits per heavy atom. The number of carbonyl (C=O) groups excluding carboxylic acids is 2. The fraction of sp³-hybridized carbons (Fsp3) is 0.400. The van der Waals surface area contributed by atoms with Gasteiger partial charge >= 0.3 is 0 Å². The molecule has 2 saturated heterocycles. The first-order chi connectivity index (χ1) is 17.6. The molecule has 196 valence electrons. The maximum atomic E-state index is 12.9. The van der Waals surface area contributed by atoms with Crippen molar-refractivity contribution < 1.29 is 22.7 Å². The summed E-state index contributed by atoms with van der Waals surface area (Å²) in [5.41, 5.74) is 3.05. The minimum Gasteiger partial charge on any atom is -0.372 e. The van der Waals surface area contributed by atoms with Gasteiger partial charge in [-0.3, -0.25) is 13.6 Å². The molecule has 2 fully saturated rings. The van der Waals surface area contributed by atoms with E-state index in [0.717, 1.165) is 40.3 Å². The Morgan fingerprint density at radius 3 is 2.57 bits per heavy atom. The van der Waals surface area contributed by atoms with E-state index >= 15 is 0 Å². The molecule has 2 aromatic heterocycles. The normalized spacial score (nSPS) is 22.0. The van der Waals surface area contributed by atoms with Gasteiger partial charge in [0.15, 0.2) is 5.13 Å². The molecule has 12 heteroatoms. The predicted molar refractivity (Wildman–Crippen MR) is 143 cm³/mol. The number of anilines is 2. The number of likely N-dealkylation sites (tertiary alicyclic amines) is 1. The Bertz CT molecular complexity index is 1420. The summed E-state index contributed by atoms with van der Waals surface area (Å²) in [6.45, 7) is 6.22. The summed E-state index contributed by atoms with van der Waals surface area (Å²) >= 11 is 1.33. The average Bonchev–Trinajstić information content (AvgIpc) is 3.48. The molecule has 4 heterocycles. The summed E-state index contributed by atoms with van der Waals surface area (Å²) in [7, 11) is -3.48. The molecule has 3 aromatic rings. The van der Waals surface area contributed by atoms with Gasteiger partial charge in [-0.2, -0.15) is 0 Å².